The molecular weight excluding hydrogens is 322 g/mol. The standard InChI is InChI=1S/C15H16ClN3O2S/c1-9-13(18-15(20)17-10-6-7-22-8-10)14(19-21-9)11-4-2-3-5-12(11)16/h2-5,10H,6-8H2,1H3,(H2,17,18,20)/t10-/m1/s1. The van der Waals surface area contributed by atoms with E-state index in [9.17, 15) is 4.79 Å². The zero-order valence-electron chi connectivity index (χ0n) is 12.1. The average molecular weight is 338 g/mol. The van der Waals surface area contributed by atoms with Crippen molar-refractivity contribution < 1.29 is 9.32 Å². The first-order valence-corrected chi connectivity index (χ1v) is 8.55. The average Bonchev–Trinajstić information content (AvgIpc) is 3.11. The summed E-state index contributed by atoms with van der Waals surface area (Å²) in [6, 6.07) is 7.30. The molecule has 0 unspecified atom stereocenters. The molecule has 0 spiro atoms. The largest absolute Gasteiger partial charge is 0.359 e. The molecule has 0 radical (unpaired) electrons. The highest BCUT2D eigenvalue weighted by Crippen LogP contribution is 2.34. The summed E-state index contributed by atoms with van der Waals surface area (Å²) >= 11 is 8.05. The summed E-state index contributed by atoms with van der Waals surface area (Å²) in [5.74, 6) is 2.58. The van der Waals surface area contributed by atoms with Gasteiger partial charge in [-0.05, 0) is 25.2 Å². The summed E-state index contributed by atoms with van der Waals surface area (Å²) < 4.78 is 5.22. The molecule has 1 atom stereocenters. The minimum absolute atomic E-state index is 0.217. The fourth-order valence-electron chi connectivity index (χ4n) is 2.34. The third kappa shape index (κ3) is 3.23. The lowest BCUT2D eigenvalue weighted by molar-refractivity contribution is 0.249. The number of hydrogen-bond donors (Lipinski definition) is 2. The Morgan fingerprint density at radius 2 is 2.27 bits per heavy atom. The first-order chi connectivity index (χ1) is 10.6. The molecule has 0 aliphatic carbocycles. The van der Waals surface area contributed by atoms with Gasteiger partial charge in [0.1, 0.15) is 11.4 Å². The highest BCUT2D eigenvalue weighted by atomic mass is 35.5. The number of hydrogen-bond acceptors (Lipinski definition) is 4. The van der Waals surface area contributed by atoms with Crippen LogP contribution in [0, 0.1) is 6.92 Å². The highest BCUT2D eigenvalue weighted by Gasteiger charge is 2.21. The van der Waals surface area contributed by atoms with Crippen LogP contribution < -0.4 is 10.6 Å². The quantitative estimate of drug-likeness (QED) is 0.890. The van der Waals surface area contributed by atoms with Crippen LogP contribution >= 0.6 is 23.4 Å². The van der Waals surface area contributed by atoms with Gasteiger partial charge in [-0.15, -0.1) is 0 Å². The van der Waals surface area contributed by atoms with Crippen molar-refractivity contribution >= 4 is 35.1 Å². The van der Waals surface area contributed by atoms with Crippen molar-refractivity contribution in [2.24, 2.45) is 0 Å². The molecule has 1 aromatic heterocycles. The van der Waals surface area contributed by atoms with Gasteiger partial charge < -0.3 is 15.2 Å². The van der Waals surface area contributed by atoms with Crippen LogP contribution in [0.15, 0.2) is 28.8 Å². The number of amides is 2. The summed E-state index contributed by atoms with van der Waals surface area (Å²) in [4.78, 5) is 12.2. The smallest absolute Gasteiger partial charge is 0.319 e. The maximum atomic E-state index is 12.2. The first kappa shape index (κ1) is 15.2. The summed E-state index contributed by atoms with van der Waals surface area (Å²) in [6.07, 6.45) is 0.998. The lowest BCUT2D eigenvalue weighted by Crippen LogP contribution is -2.37. The summed E-state index contributed by atoms with van der Waals surface area (Å²) in [7, 11) is 0. The number of anilines is 1. The Kier molecular flexibility index (Phi) is 4.59. The van der Waals surface area contributed by atoms with Crippen LogP contribution in [0.1, 0.15) is 12.2 Å². The third-order valence-corrected chi connectivity index (χ3v) is 4.99. The number of thioether (sulfide) groups is 1. The van der Waals surface area contributed by atoms with Crippen LogP contribution in [-0.2, 0) is 0 Å². The molecule has 1 saturated heterocycles. The maximum absolute atomic E-state index is 12.2. The van der Waals surface area contributed by atoms with E-state index >= 15 is 0 Å². The van der Waals surface area contributed by atoms with Crippen LogP contribution in [0.25, 0.3) is 11.3 Å². The SMILES string of the molecule is Cc1onc(-c2ccccc2Cl)c1NC(=O)N[C@@H]1CCSC1. The fourth-order valence-corrected chi connectivity index (χ4v) is 3.72. The van der Waals surface area contributed by atoms with E-state index in [1.165, 1.54) is 0 Å². The molecule has 2 aromatic rings. The van der Waals surface area contributed by atoms with Crippen molar-refractivity contribution in [3.63, 3.8) is 0 Å². The van der Waals surface area contributed by atoms with Gasteiger partial charge in [0.25, 0.3) is 0 Å². The number of nitrogens with one attached hydrogen (secondary N) is 2. The van der Waals surface area contributed by atoms with Crippen LogP contribution in [0.5, 0.6) is 0 Å². The molecule has 5 nitrogen and oxygen atoms in total. The molecule has 22 heavy (non-hydrogen) atoms. The second-order valence-corrected chi connectivity index (χ2v) is 6.66. The minimum atomic E-state index is -0.243. The molecule has 3 rings (SSSR count). The minimum Gasteiger partial charge on any atom is -0.359 e. The van der Waals surface area contributed by atoms with Crippen LogP contribution in [-0.4, -0.2) is 28.7 Å². The molecule has 1 aliphatic rings. The van der Waals surface area contributed by atoms with Crippen molar-refractivity contribution in [2.45, 2.75) is 19.4 Å². The predicted molar refractivity (Wildman–Crippen MR) is 89.6 cm³/mol. The van der Waals surface area contributed by atoms with Crippen molar-refractivity contribution in [3.05, 3.63) is 35.0 Å². The number of urea groups is 1. The molecule has 2 amide bonds. The topological polar surface area (TPSA) is 67.2 Å². The summed E-state index contributed by atoms with van der Waals surface area (Å²) in [5.41, 5.74) is 1.82. The molecule has 2 N–H and O–H groups in total. The zero-order valence-corrected chi connectivity index (χ0v) is 13.6. The lowest BCUT2D eigenvalue weighted by Gasteiger charge is -2.12. The number of carbonyl (C=O) groups excluding carboxylic acids is 1. The first-order valence-electron chi connectivity index (χ1n) is 7.01. The number of aromatic nitrogens is 1. The van der Waals surface area contributed by atoms with E-state index in [0.29, 0.717) is 22.2 Å². The van der Waals surface area contributed by atoms with Gasteiger partial charge in [0, 0.05) is 17.4 Å². The van der Waals surface area contributed by atoms with E-state index in [4.69, 9.17) is 16.1 Å². The normalized spacial score (nSPS) is 17.5. The second kappa shape index (κ2) is 6.62. The Morgan fingerprint density at radius 1 is 1.45 bits per heavy atom. The number of aryl methyl sites for hydroxylation is 1. The van der Waals surface area contributed by atoms with E-state index in [0.717, 1.165) is 23.5 Å². The van der Waals surface area contributed by atoms with Crippen LogP contribution in [0.2, 0.25) is 5.02 Å². The third-order valence-electron chi connectivity index (χ3n) is 3.50. The van der Waals surface area contributed by atoms with Gasteiger partial charge in [-0.25, -0.2) is 4.79 Å². The van der Waals surface area contributed by atoms with E-state index in [2.05, 4.69) is 15.8 Å². The van der Waals surface area contributed by atoms with E-state index < -0.39 is 0 Å². The molecule has 1 aromatic carbocycles. The molecule has 1 fully saturated rings. The van der Waals surface area contributed by atoms with Crippen molar-refractivity contribution in [3.8, 4) is 11.3 Å². The molecule has 1 aliphatic heterocycles. The van der Waals surface area contributed by atoms with Crippen molar-refractivity contribution in [1.29, 1.82) is 0 Å². The number of carbonyl (C=O) groups is 1. The van der Waals surface area contributed by atoms with E-state index in [1.807, 2.05) is 30.0 Å². The van der Waals surface area contributed by atoms with Crippen molar-refractivity contribution in [2.75, 3.05) is 16.8 Å². The van der Waals surface area contributed by atoms with E-state index in [1.54, 1.807) is 13.0 Å². The number of halogens is 1. The van der Waals surface area contributed by atoms with Gasteiger partial charge in [0.05, 0.1) is 5.02 Å². The van der Waals surface area contributed by atoms with Gasteiger partial charge in [-0.3, -0.25) is 0 Å². The predicted octanol–water partition coefficient (Wildman–Crippen LogP) is 3.93. The maximum Gasteiger partial charge on any atom is 0.319 e. The molecule has 116 valence electrons. The summed E-state index contributed by atoms with van der Waals surface area (Å²) in [5, 5.41) is 10.4. The Morgan fingerprint density at radius 3 is 3.00 bits per heavy atom. The Balaban J connectivity index is 1.80. The molecule has 7 heteroatoms. The highest BCUT2D eigenvalue weighted by molar-refractivity contribution is 7.99. The van der Waals surface area contributed by atoms with Gasteiger partial charge in [-0.1, -0.05) is 35.0 Å². The number of benzene rings is 1. The second-order valence-electron chi connectivity index (χ2n) is 5.10. The van der Waals surface area contributed by atoms with Gasteiger partial charge in [0.2, 0.25) is 0 Å². The van der Waals surface area contributed by atoms with Crippen LogP contribution in [0.3, 0.4) is 0 Å². The van der Waals surface area contributed by atoms with Crippen molar-refractivity contribution in [1.82, 2.24) is 10.5 Å². The van der Waals surface area contributed by atoms with Gasteiger partial charge >= 0.3 is 6.03 Å². The Hall–Kier alpha value is -1.66. The van der Waals surface area contributed by atoms with Gasteiger partial charge in [-0.2, -0.15) is 11.8 Å². The number of nitrogens with zero attached hydrogens (tertiary/aromatic N) is 1. The Labute approximate surface area is 137 Å². The molecular formula is C15H16ClN3O2S. The molecule has 0 saturated carbocycles. The lowest BCUT2D eigenvalue weighted by atomic mass is 10.1. The molecule has 2 heterocycles. The molecule has 0 bridgehead atoms. The fraction of sp³-hybridized carbons (Fsp3) is 0.333. The van der Waals surface area contributed by atoms with Crippen LogP contribution in [0.4, 0.5) is 10.5 Å². The van der Waals surface area contributed by atoms with E-state index in [-0.39, 0.29) is 12.1 Å². The Bertz CT molecular complexity index is 683. The van der Waals surface area contributed by atoms with Gasteiger partial charge in [0.15, 0.2) is 5.76 Å². The monoisotopic (exact) mass is 337 g/mol. The summed E-state index contributed by atoms with van der Waals surface area (Å²) in [6.45, 7) is 1.76. The zero-order chi connectivity index (χ0) is 15.5. The number of rotatable bonds is 3.